The number of hydrogen-bond acceptors (Lipinski definition) is 5. The van der Waals surface area contributed by atoms with Crippen molar-refractivity contribution in [3.05, 3.63) is 64.4 Å². The molecular formula is C19H21N5O2. The Kier molecular flexibility index (Phi) is 4.88. The molecule has 1 heterocycles. The molecule has 0 unspecified atom stereocenters. The molecule has 2 aromatic carbocycles. The Hall–Kier alpha value is -3.35. The zero-order valence-corrected chi connectivity index (χ0v) is 15.0. The fourth-order valence-corrected chi connectivity index (χ4v) is 2.67. The molecule has 0 spiro atoms. The summed E-state index contributed by atoms with van der Waals surface area (Å²) in [6, 6.07) is 14.4. The van der Waals surface area contributed by atoms with Crippen LogP contribution in [0.4, 0.5) is 11.6 Å². The van der Waals surface area contributed by atoms with Crippen LogP contribution in [-0.2, 0) is 6.54 Å². The standard InChI is InChI=1S/C19H21N5O2/c1-4-24-18(26)15-10-5-6-11-16(15)20-19(24)22-21-17(25)13-8-7-9-14(12-13)23(2)3/h5-12H,4H2,1-3H3,(H,20,22)(H,21,25). The molecule has 134 valence electrons. The summed E-state index contributed by atoms with van der Waals surface area (Å²) < 4.78 is 1.48. The maximum Gasteiger partial charge on any atom is 0.269 e. The van der Waals surface area contributed by atoms with E-state index < -0.39 is 0 Å². The minimum absolute atomic E-state index is 0.149. The van der Waals surface area contributed by atoms with Gasteiger partial charge in [0.1, 0.15) is 0 Å². The van der Waals surface area contributed by atoms with Gasteiger partial charge in [-0.1, -0.05) is 18.2 Å². The van der Waals surface area contributed by atoms with Crippen LogP contribution in [0.15, 0.2) is 53.3 Å². The Balaban J connectivity index is 1.86. The van der Waals surface area contributed by atoms with Gasteiger partial charge in [0.15, 0.2) is 0 Å². The number of nitrogens with zero attached hydrogens (tertiary/aromatic N) is 3. The van der Waals surface area contributed by atoms with Crippen LogP contribution in [0.5, 0.6) is 0 Å². The fourth-order valence-electron chi connectivity index (χ4n) is 2.67. The summed E-state index contributed by atoms with van der Waals surface area (Å²) in [5.74, 6) is -0.00734. The number of anilines is 2. The van der Waals surface area contributed by atoms with E-state index in [-0.39, 0.29) is 11.5 Å². The van der Waals surface area contributed by atoms with Crippen molar-refractivity contribution in [1.29, 1.82) is 0 Å². The first-order chi connectivity index (χ1) is 12.5. The topological polar surface area (TPSA) is 79.3 Å². The van der Waals surface area contributed by atoms with Crippen LogP contribution in [0.25, 0.3) is 10.9 Å². The van der Waals surface area contributed by atoms with Crippen LogP contribution in [0.2, 0.25) is 0 Å². The summed E-state index contributed by atoms with van der Waals surface area (Å²) in [5, 5.41) is 0.546. The van der Waals surface area contributed by atoms with Crippen molar-refractivity contribution in [1.82, 2.24) is 15.0 Å². The van der Waals surface area contributed by atoms with Crippen LogP contribution in [-0.4, -0.2) is 29.6 Å². The number of nitrogens with one attached hydrogen (secondary N) is 2. The van der Waals surface area contributed by atoms with Crippen molar-refractivity contribution in [3.63, 3.8) is 0 Å². The highest BCUT2D eigenvalue weighted by molar-refractivity contribution is 5.95. The molecule has 26 heavy (non-hydrogen) atoms. The minimum Gasteiger partial charge on any atom is -0.378 e. The van der Waals surface area contributed by atoms with E-state index in [0.717, 1.165) is 5.69 Å². The van der Waals surface area contributed by atoms with Gasteiger partial charge in [-0.25, -0.2) is 4.98 Å². The summed E-state index contributed by atoms with van der Waals surface area (Å²) in [4.78, 5) is 31.4. The van der Waals surface area contributed by atoms with Crippen molar-refractivity contribution in [3.8, 4) is 0 Å². The zero-order chi connectivity index (χ0) is 18.7. The minimum atomic E-state index is -0.307. The Morgan fingerprint density at radius 3 is 2.65 bits per heavy atom. The number of hydrazine groups is 1. The first-order valence-corrected chi connectivity index (χ1v) is 8.34. The molecule has 0 fully saturated rings. The summed E-state index contributed by atoms with van der Waals surface area (Å²) in [6.07, 6.45) is 0. The van der Waals surface area contributed by atoms with Gasteiger partial charge >= 0.3 is 0 Å². The maximum absolute atomic E-state index is 12.6. The Morgan fingerprint density at radius 1 is 1.15 bits per heavy atom. The second-order valence-electron chi connectivity index (χ2n) is 6.03. The van der Waals surface area contributed by atoms with E-state index >= 15 is 0 Å². The number of carbonyl (C=O) groups is 1. The first kappa shape index (κ1) is 17.5. The molecular weight excluding hydrogens is 330 g/mol. The fraction of sp³-hybridized carbons (Fsp3) is 0.211. The second kappa shape index (κ2) is 7.26. The average Bonchev–Trinajstić information content (AvgIpc) is 2.66. The molecule has 0 radical (unpaired) electrons. The van der Waals surface area contributed by atoms with Crippen molar-refractivity contribution in [2.45, 2.75) is 13.5 Å². The zero-order valence-electron chi connectivity index (χ0n) is 15.0. The van der Waals surface area contributed by atoms with Gasteiger partial charge in [-0.2, -0.15) is 0 Å². The largest absolute Gasteiger partial charge is 0.378 e. The number of aromatic nitrogens is 2. The van der Waals surface area contributed by atoms with E-state index in [9.17, 15) is 9.59 Å². The van der Waals surface area contributed by atoms with E-state index in [4.69, 9.17) is 0 Å². The van der Waals surface area contributed by atoms with Crippen LogP contribution in [0.1, 0.15) is 17.3 Å². The monoisotopic (exact) mass is 351 g/mol. The molecule has 0 saturated carbocycles. The highest BCUT2D eigenvalue weighted by Gasteiger charge is 2.11. The number of para-hydroxylation sites is 1. The number of amides is 1. The van der Waals surface area contributed by atoms with Crippen molar-refractivity contribution >= 4 is 28.4 Å². The third-order valence-corrected chi connectivity index (χ3v) is 4.09. The summed E-state index contributed by atoms with van der Waals surface area (Å²) in [6.45, 7) is 2.29. The van der Waals surface area contributed by atoms with Crippen molar-refractivity contribution in [2.75, 3.05) is 24.4 Å². The molecule has 3 rings (SSSR count). The van der Waals surface area contributed by atoms with Gasteiger partial charge < -0.3 is 4.90 Å². The van der Waals surface area contributed by atoms with Crippen LogP contribution in [0.3, 0.4) is 0 Å². The predicted molar refractivity (Wildman–Crippen MR) is 104 cm³/mol. The smallest absolute Gasteiger partial charge is 0.269 e. The summed E-state index contributed by atoms with van der Waals surface area (Å²) in [7, 11) is 3.82. The van der Waals surface area contributed by atoms with Gasteiger partial charge in [-0.05, 0) is 37.3 Å². The van der Waals surface area contributed by atoms with Gasteiger partial charge in [0, 0.05) is 31.9 Å². The molecule has 2 N–H and O–H groups in total. The third-order valence-electron chi connectivity index (χ3n) is 4.09. The molecule has 7 nitrogen and oxygen atoms in total. The van der Waals surface area contributed by atoms with Gasteiger partial charge in [-0.15, -0.1) is 0 Å². The predicted octanol–water partition coefficient (Wildman–Crippen LogP) is 2.24. The number of fused-ring (bicyclic) bond motifs is 1. The van der Waals surface area contributed by atoms with E-state index in [1.165, 1.54) is 4.57 Å². The molecule has 0 aliphatic heterocycles. The lowest BCUT2D eigenvalue weighted by atomic mass is 10.2. The first-order valence-electron chi connectivity index (χ1n) is 8.34. The van der Waals surface area contributed by atoms with Gasteiger partial charge in [0.2, 0.25) is 5.95 Å². The van der Waals surface area contributed by atoms with E-state index in [1.807, 2.05) is 44.1 Å². The lowest BCUT2D eigenvalue weighted by Crippen LogP contribution is -2.34. The highest BCUT2D eigenvalue weighted by atomic mass is 16.2. The van der Waals surface area contributed by atoms with E-state index in [0.29, 0.717) is 29.0 Å². The lowest BCUT2D eigenvalue weighted by molar-refractivity contribution is 0.0962. The van der Waals surface area contributed by atoms with Gasteiger partial charge in [-0.3, -0.25) is 25.0 Å². The Bertz CT molecular complexity index is 1010. The highest BCUT2D eigenvalue weighted by Crippen LogP contribution is 2.14. The molecule has 3 aromatic rings. The quantitative estimate of drug-likeness (QED) is 0.689. The average molecular weight is 351 g/mol. The van der Waals surface area contributed by atoms with Crippen molar-refractivity contribution < 1.29 is 4.79 Å². The Morgan fingerprint density at radius 2 is 1.92 bits per heavy atom. The number of rotatable bonds is 5. The van der Waals surface area contributed by atoms with E-state index in [2.05, 4.69) is 15.8 Å². The molecule has 0 aliphatic rings. The normalized spacial score (nSPS) is 10.6. The van der Waals surface area contributed by atoms with Crippen molar-refractivity contribution in [2.24, 2.45) is 0 Å². The molecule has 1 aromatic heterocycles. The molecule has 0 bridgehead atoms. The second-order valence-corrected chi connectivity index (χ2v) is 6.03. The number of carbonyl (C=O) groups excluding carboxylic acids is 1. The third kappa shape index (κ3) is 3.37. The van der Waals surface area contributed by atoms with Crippen LogP contribution in [0, 0.1) is 0 Å². The molecule has 7 heteroatoms. The summed E-state index contributed by atoms with van der Waals surface area (Å²) in [5.41, 5.74) is 7.26. The molecule has 0 saturated heterocycles. The SMILES string of the molecule is CCn1c(NNC(=O)c2cccc(N(C)C)c2)nc2ccccc2c1=O. The van der Waals surface area contributed by atoms with Crippen LogP contribution < -0.4 is 21.3 Å². The Labute approximate surface area is 151 Å². The van der Waals surface area contributed by atoms with Gasteiger partial charge in [0.05, 0.1) is 10.9 Å². The lowest BCUT2D eigenvalue weighted by Gasteiger charge is -2.15. The number of hydrogen-bond donors (Lipinski definition) is 2. The molecule has 1 amide bonds. The maximum atomic E-state index is 12.6. The molecule has 0 atom stereocenters. The molecule has 0 aliphatic carbocycles. The van der Waals surface area contributed by atoms with Gasteiger partial charge in [0.25, 0.3) is 11.5 Å². The van der Waals surface area contributed by atoms with Crippen LogP contribution >= 0.6 is 0 Å². The van der Waals surface area contributed by atoms with E-state index in [1.54, 1.807) is 30.3 Å². The number of benzene rings is 2. The summed E-state index contributed by atoms with van der Waals surface area (Å²) >= 11 is 0.